The number of methoxy groups -OCH3 is 1. The van der Waals surface area contributed by atoms with Crippen LogP contribution in [0.4, 0.5) is 5.69 Å². The van der Waals surface area contributed by atoms with Crippen LogP contribution in [0.25, 0.3) is 0 Å². The van der Waals surface area contributed by atoms with Gasteiger partial charge in [0.05, 0.1) is 18.7 Å². The monoisotopic (exact) mass is 279 g/mol. The Hall–Kier alpha value is -1.71. The third kappa shape index (κ3) is 4.44. The smallest absolute Gasteiger partial charge is 0.311 e. The number of nitrogen functional groups attached to an aromatic ring is 1. The lowest BCUT2D eigenvalue weighted by atomic mass is 9.91. The molecular weight excluding hydrogens is 254 g/mol. The Morgan fingerprint density at radius 1 is 1.30 bits per heavy atom. The van der Waals surface area contributed by atoms with E-state index in [0.717, 1.165) is 19.3 Å². The van der Waals surface area contributed by atoms with Crippen LogP contribution >= 0.6 is 0 Å². The summed E-state index contributed by atoms with van der Waals surface area (Å²) >= 11 is 0. The van der Waals surface area contributed by atoms with E-state index in [1.807, 2.05) is 0 Å². The number of unbranched alkanes of at least 4 members (excludes halogenated alkanes) is 4. The molecule has 0 bridgehead atoms. The molecule has 1 aromatic rings. The molecule has 4 nitrogen and oxygen atoms in total. The minimum atomic E-state index is -0.819. The van der Waals surface area contributed by atoms with Gasteiger partial charge >= 0.3 is 5.97 Å². The number of para-hydroxylation sites is 1. The fourth-order valence-electron chi connectivity index (χ4n) is 2.41. The first-order chi connectivity index (χ1) is 9.61. The lowest BCUT2D eigenvalue weighted by Crippen LogP contribution is -2.14. The van der Waals surface area contributed by atoms with Crippen molar-refractivity contribution in [2.24, 2.45) is 0 Å². The molecule has 0 aliphatic carbocycles. The molecule has 0 saturated heterocycles. The maximum Gasteiger partial charge on any atom is 0.311 e. The van der Waals surface area contributed by atoms with Gasteiger partial charge in [0, 0.05) is 0 Å². The van der Waals surface area contributed by atoms with Gasteiger partial charge in [0.1, 0.15) is 5.75 Å². The number of nitrogens with two attached hydrogens (primary N) is 1. The Bertz CT molecular complexity index is 432. The number of anilines is 1. The maximum atomic E-state index is 11.5. The quantitative estimate of drug-likeness (QED) is 0.532. The minimum absolute atomic E-state index is 0.441. The first-order valence-electron chi connectivity index (χ1n) is 7.27. The number of benzene rings is 1. The second-order valence-electron chi connectivity index (χ2n) is 5.06. The third-order valence-electron chi connectivity index (χ3n) is 3.59. The lowest BCUT2D eigenvalue weighted by Gasteiger charge is -2.16. The summed E-state index contributed by atoms with van der Waals surface area (Å²) in [6, 6.07) is 5.32. The Kier molecular flexibility index (Phi) is 6.91. The summed E-state index contributed by atoms with van der Waals surface area (Å²) in [5.74, 6) is -0.827. The van der Waals surface area contributed by atoms with Crippen molar-refractivity contribution in [1.82, 2.24) is 0 Å². The first kappa shape index (κ1) is 16.3. The van der Waals surface area contributed by atoms with E-state index in [1.165, 1.54) is 20.0 Å². The van der Waals surface area contributed by atoms with E-state index in [9.17, 15) is 9.90 Å². The molecule has 0 aliphatic rings. The molecule has 1 aromatic carbocycles. The van der Waals surface area contributed by atoms with Crippen LogP contribution in [0, 0.1) is 0 Å². The first-order valence-corrected chi connectivity index (χ1v) is 7.27. The van der Waals surface area contributed by atoms with Gasteiger partial charge in [0.2, 0.25) is 0 Å². The van der Waals surface area contributed by atoms with Gasteiger partial charge in [-0.2, -0.15) is 0 Å². The Balaban J connectivity index is 2.73. The van der Waals surface area contributed by atoms with Gasteiger partial charge in [-0.05, 0) is 18.1 Å². The van der Waals surface area contributed by atoms with Crippen molar-refractivity contribution in [2.75, 3.05) is 12.8 Å². The summed E-state index contributed by atoms with van der Waals surface area (Å²) in [6.07, 6.45) is 6.16. The van der Waals surface area contributed by atoms with Crippen molar-refractivity contribution in [3.05, 3.63) is 23.8 Å². The summed E-state index contributed by atoms with van der Waals surface area (Å²) in [7, 11) is 1.54. The minimum Gasteiger partial charge on any atom is -0.495 e. The Morgan fingerprint density at radius 3 is 2.60 bits per heavy atom. The van der Waals surface area contributed by atoms with Gasteiger partial charge in [-0.25, -0.2) is 0 Å². The number of hydrogen-bond donors (Lipinski definition) is 2. The second-order valence-corrected chi connectivity index (χ2v) is 5.06. The van der Waals surface area contributed by atoms with Crippen molar-refractivity contribution in [3.63, 3.8) is 0 Å². The number of rotatable bonds is 9. The summed E-state index contributed by atoms with van der Waals surface area (Å²) in [5, 5.41) is 9.42. The number of ether oxygens (including phenoxy) is 1. The molecule has 1 atom stereocenters. The van der Waals surface area contributed by atoms with Crippen LogP contribution in [0.5, 0.6) is 5.75 Å². The van der Waals surface area contributed by atoms with Crippen molar-refractivity contribution in [2.45, 2.75) is 51.4 Å². The van der Waals surface area contributed by atoms with Crippen molar-refractivity contribution < 1.29 is 14.6 Å². The van der Waals surface area contributed by atoms with Gasteiger partial charge in [-0.15, -0.1) is 0 Å². The van der Waals surface area contributed by atoms with E-state index in [0.29, 0.717) is 23.4 Å². The SMILES string of the molecule is CCCCCCCC(C(=O)O)c1cccc(OC)c1N. The molecule has 0 saturated carbocycles. The molecule has 4 heteroatoms. The fourth-order valence-corrected chi connectivity index (χ4v) is 2.41. The normalized spacial score (nSPS) is 12.1. The molecule has 1 rings (SSSR count). The highest BCUT2D eigenvalue weighted by molar-refractivity contribution is 5.79. The topological polar surface area (TPSA) is 72.5 Å². The molecule has 20 heavy (non-hydrogen) atoms. The molecule has 0 radical (unpaired) electrons. The average molecular weight is 279 g/mol. The highest BCUT2D eigenvalue weighted by Crippen LogP contribution is 2.33. The van der Waals surface area contributed by atoms with Crippen LogP contribution in [-0.4, -0.2) is 18.2 Å². The molecule has 3 N–H and O–H groups in total. The van der Waals surface area contributed by atoms with E-state index in [1.54, 1.807) is 18.2 Å². The predicted molar refractivity (Wildman–Crippen MR) is 81.2 cm³/mol. The van der Waals surface area contributed by atoms with Crippen molar-refractivity contribution in [1.29, 1.82) is 0 Å². The largest absolute Gasteiger partial charge is 0.495 e. The summed E-state index contributed by atoms with van der Waals surface area (Å²) < 4.78 is 5.16. The van der Waals surface area contributed by atoms with Gasteiger partial charge in [-0.3, -0.25) is 4.79 Å². The third-order valence-corrected chi connectivity index (χ3v) is 3.59. The zero-order chi connectivity index (χ0) is 15.0. The zero-order valence-electron chi connectivity index (χ0n) is 12.4. The van der Waals surface area contributed by atoms with Crippen LogP contribution in [-0.2, 0) is 4.79 Å². The molecule has 0 aromatic heterocycles. The number of carboxylic acid groups (broad SMARTS) is 1. The number of carbonyl (C=O) groups is 1. The van der Waals surface area contributed by atoms with Crippen LogP contribution < -0.4 is 10.5 Å². The fraction of sp³-hybridized carbons (Fsp3) is 0.562. The second kappa shape index (κ2) is 8.46. The molecular formula is C16H25NO3. The number of aliphatic carboxylic acids is 1. The van der Waals surface area contributed by atoms with E-state index in [4.69, 9.17) is 10.5 Å². The predicted octanol–water partition coefficient (Wildman–Crippen LogP) is 3.81. The Labute approximate surface area is 120 Å². The maximum absolute atomic E-state index is 11.5. The van der Waals surface area contributed by atoms with Gasteiger partial charge < -0.3 is 15.6 Å². The highest BCUT2D eigenvalue weighted by Gasteiger charge is 2.22. The van der Waals surface area contributed by atoms with Crippen LogP contribution in [0.2, 0.25) is 0 Å². The van der Waals surface area contributed by atoms with Gasteiger partial charge in [-0.1, -0.05) is 51.2 Å². The van der Waals surface area contributed by atoms with Crippen molar-refractivity contribution in [3.8, 4) is 5.75 Å². The zero-order valence-corrected chi connectivity index (χ0v) is 12.4. The average Bonchev–Trinajstić information content (AvgIpc) is 2.43. The van der Waals surface area contributed by atoms with Crippen LogP contribution in [0.15, 0.2) is 18.2 Å². The number of carboxylic acids is 1. The molecule has 0 aliphatic heterocycles. The summed E-state index contributed by atoms with van der Waals surface area (Å²) in [5.41, 5.74) is 7.10. The molecule has 0 spiro atoms. The molecule has 0 amide bonds. The number of hydrogen-bond acceptors (Lipinski definition) is 3. The lowest BCUT2D eigenvalue weighted by molar-refractivity contribution is -0.139. The van der Waals surface area contributed by atoms with Crippen LogP contribution in [0.1, 0.15) is 56.9 Å². The molecule has 0 heterocycles. The summed E-state index contributed by atoms with van der Waals surface area (Å²) in [4.78, 5) is 11.5. The van der Waals surface area contributed by atoms with E-state index >= 15 is 0 Å². The highest BCUT2D eigenvalue weighted by atomic mass is 16.5. The van der Waals surface area contributed by atoms with Crippen molar-refractivity contribution >= 4 is 11.7 Å². The van der Waals surface area contributed by atoms with E-state index in [-0.39, 0.29) is 0 Å². The van der Waals surface area contributed by atoms with Gasteiger partial charge in [0.25, 0.3) is 0 Å². The van der Waals surface area contributed by atoms with Gasteiger partial charge in [0.15, 0.2) is 0 Å². The molecule has 0 fully saturated rings. The Morgan fingerprint density at radius 2 is 2.00 bits per heavy atom. The van der Waals surface area contributed by atoms with E-state index in [2.05, 4.69) is 6.92 Å². The molecule has 1 unspecified atom stereocenters. The molecule has 112 valence electrons. The van der Waals surface area contributed by atoms with E-state index < -0.39 is 11.9 Å². The van der Waals surface area contributed by atoms with Crippen LogP contribution in [0.3, 0.4) is 0 Å². The summed E-state index contributed by atoms with van der Waals surface area (Å²) in [6.45, 7) is 2.16. The standard InChI is InChI=1S/C16H25NO3/c1-3-4-5-6-7-9-13(16(18)19)12-10-8-11-14(20-2)15(12)17/h8,10-11,13H,3-7,9,17H2,1-2H3,(H,18,19).